The third-order valence-corrected chi connectivity index (χ3v) is 4.51. The van der Waals surface area contributed by atoms with E-state index >= 15 is 0 Å². The van der Waals surface area contributed by atoms with E-state index in [2.05, 4.69) is 53.8 Å². The monoisotopic (exact) mass is 304 g/mol. The molecule has 2 aliphatic rings. The molecule has 116 valence electrons. The molecule has 0 spiro atoms. The normalized spacial score (nSPS) is 17.7. The van der Waals surface area contributed by atoms with E-state index in [1.807, 2.05) is 12.1 Å². The maximum absolute atomic E-state index is 5.52. The average Bonchev–Trinajstić information content (AvgIpc) is 2.83. The molecule has 0 amide bonds. The molecule has 1 aromatic carbocycles. The number of hydrogen-bond donors (Lipinski definition) is 0. The molecule has 1 aliphatic heterocycles. The first-order chi connectivity index (χ1) is 11.3. The Morgan fingerprint density at radius 2 is 1.96 bits per heavy atom. The van der Waals surface area contributed by atoms with Gasteiger partial charge in [-0.2, -0.15) is 5.10 Å². The summed E-state index contributed by atoms with van der Waals surface area (Å²) in [5.74, 6) is 0.471. The first kappa shape index (κ1) is 14.3. The predicted octanol–water partition coefficient (Wildman–Crippen LogP) is 2.44. The van der Waals surface area contributed by atoms with Crippen LogP contribution in [0.15, 0.2) is 47.7 Å². The zero-order chi connectivity index (χ0) is 15.6. The molecule has 1 fully saturated rings. The lowest BCUT2D eigenvalue weighted by atomic mass is 9.95. The van der Waals surface area contributed by atoms with E-state index in [1.165, 1.54) is 10.9 Å². The molecule has 0 bridgehead atoms. The van der Waals surface area contributed by atoms with E-state index in [9.17, 15) is 0 Å². The molecular formula is C20H20N2O. The lowest BCUT2D eigenvalue weighted by Crippen LogP contribution is -2.31. The molecule has 2 aromatic rings. The van der Waals surface area contributed by atoms with Gasteiger partial charge in [-0.3, -0.25) is 0 Å². The van der Waals surface area contributed by atoms with Crippen molar-refractivity contribution in [2.45, 2.75) is 25.7 Å². The summed E-state index contributed by atoms with van der Waals surface area (Å²) in [6, 6.07) is 10.4. The molecule has 2 heterocycles. The number of allylic oxidation sites excluding steroid dienone is 1. The Hall–Kier alpha value is -2.35. The van der Waals surface area contributed by atoms with Crippen LogP contribution >= 0.6 is 0 Å². The van der Waals surface area contributed by atoms with Crippen LogP contribution in [0.4, 0.5) is 0 Å². The molecule has 0 atom stereocenters. The summed E-state index contributed by atoms with van der Waals surface area (Å²) in [5.41, 5.74) is 6.71. The van der Waals surface area contributed by atoms with E-state index in [1.54, 1.807) is 0 Å². The smallest absolute Gasteiger partial charge is 0.0753 e. The van der Waals surface area contributed by atoms with Crippen LogP contribution in [0.25, 0.3) is 17.8 Å². The van der Waals surface area contributed by atoms with E-state index < -0.39 is 0 Å². The number of ether oxygens (including phenoxy) is 1. The number of nitrogens with zero attached hydrogens (tertiary/aromatic N) is 2. The van der Waals surface area contributed by atoms with Gasteiger partial charge in [-0.1, -0.05) is 18.2 Å². The second kappa shape index (κ2) is 6.04. The van der Waals surface area contributed by atoms with Gasteiger partial charge in [-0.25, -0.2) is 4.68 Å². The summed E-state index contributed by atoms with van der Waals surface area (Å²) < 4.78 is 7.59. The average molecular weight is 304 g/mol. The van der Waals surface area contributed by atoms with Crippen molar-refractivity contribution in [1.82, 2.24) is 9.78 Å². The predicted molar refractivity (Wildman–Crippen MR) is 91.8 cm³/mol. The lowest BCUT2D eigenvalue weighted by molar-refractivity contribution is 0.0842. The van der Waals surface area contributed by atoms with Crippen molar-refractivity contribution in [3.63, 3.8) is 0 Å². The Kier molecular flexibility index (Phi) is 3.74. The second-order valence-corrected chi connectivity index (χ2v) is 6.12. The summed E-state index contributed by atoms with van der Waals surface area (Å²) >= 11 is 0. The molecule has 0 N–H and O–H groups in total. The van der Waals surface area contributed by atoms with Crippen molar-refractivity contribution in [2.75, 3.05) is 13.2 Å². The topological polar surface area (TPSA) is 27.1 Å². The van der Waals surface area contributed by atoms with Gasteiger partial charge in [0.05, 0.1) is 16.7 Å². The summed E-state index contributed by atoms with van der Waals surface area (Å²) in [7, 11) is 0. The van der Waals surface area contributed by atoms with Crippen molar-refractivity contribution >= 4 is 12.2 Å². The maximum atomic E-state index is 5.52. The van der Waals surface area contributed by atoms with Gasteiger partial charge in [-0.15, -0.1) is 5.73 Å². The molecule has 1 aliphatic carbocycles. The molecule has 0 unspecified atom stereocenters. The van der Waals surface area contributed by atoms with E-state index in [0.717, 1.165) is 42.7 Å². The fraction of sp³-hybridized carbons (Fsp3) is 0.300. The Bertz CT molecular complexity index is 893. The number of rotatable bonds is 2. The van der Waals surface area contributed by atoms with Gasteiger partial charge in [-0.05, 0) is 55.7 Å². The summed E-state index contributed by atoms with van der Waals surface area (Å²) in [5, 5.41) is 7.38. The van der Waals surface area contributed by atoms with Gasteiger partial charge in [0.25, 0.3) is 0 Å². The van der Waals surface area contributed by atoms with E-state index in [0.29, 0.717) is 5.92 Å². The van der Waals surface area contributed by atoms with Crippen molar-refractivity contribution < 1.29 is 4.74 Å². The molecule has 23 heavy (non-hydrogen) atoms. The molecule has 1 saturated heterocycles. The molecule has 3 nitrogen and oxygen atoms in total. The summed E-state index contributed by atoms with van der Waals surface area (Å²) in [6.07, 6.45) is 8.43. The first-order valence-corrected chi connectivity index (χ1v) is 8.20. The van der Waals surface area contributed by atoms with Crippen molar-refractivity contribution in [3.8, 4) is 5.69 Å². The van der Waals surface area contributed by atoms with Gasteiger partial charge in [0.2, 0.25) is 0 Å². The van der Waals surface area contributed by atoms with Crippen LogP contribution in [0.2, 0.25) is 0 Å². The Balaban J connectivity index is 1.95. The summed E-state index contributed by atoms with van der Waals surface area (Å²) in [6.45, 7) is 3.73. The zero-order valence-electron chi connectivity index (χ0n) is 13.3. The Morgan fingerprint density at radius 3 is 2.74 bits per heavy atom. The molecule has 3 heteroatoms. The standard InChI is InChI=1S/C20H20N2O/c1-15-6-5-9-18-19(14-15)22(17-7-3-2-4-8-17)21-20(18)16-10-12-23-13-11-16/h2-5,7-9,14,16H,10-13H2,1H3. The highest BCUT2D eigenvalue weighted by Crippen LogP contribution is 2.23. The number of aromatic nitrogens is 2. The Labute approximate surface area is 135 Å². The largest absolute Gasteiger partial charge is 0.381 e. The van der Waals surface area contributed by atoms with Crippen LogP contribution in [-0.4, -0.2) is 23.0 Å². The molecule has 1 aromatic heterocycles. The fourth-order valence-corrected chi connectivity index (χ4v) is 3.31. The van der Waals surface area contributed by atoms with Crippen molar-refractivity contribution in [2.24, 2.45) is 0 Å². The van der Waals surface area contributed by atoms with Gasteiger partial charge < -0.3 is 4.74 Å². The Morgan fingerprint density at radius 1 is 1.17 bits per heavy atom. The zero-order valence-corrected chi connectivity index (χ0v) is 13.3. The molecule has 4 rings (SSSR count). The minimum Gasteiger partial charge on any atom is -0.381 e. The SMILES string of the molecule is CC1=C=CC=c2c(C3CCOCC3)nn(-c3ccccc3)c2=C1. The third-order valence-electron chi connectivity index (χ3n) is 4.51. The molecular weight excluding hydrogens is 284 g/mol. The number of fused-ring (bicyclic) bond motifs is 1. The van der Waals surface area contributed by atoms with Gasteiger partial charge in [0.15, 0.2) is 0 Å². The third kappa shape index (κ3) is 2.70. The molecule has 0 saturated carbocycles. The van der Waals surface area contributed by atoms with E-state index in [4.69, 9.17) is 9.84 Å². The second-order valence-electron chi connectivity index (χ2n) is 6.12. The van der Waals surface area contributed by atoms with Crippen LogP contribution in [0.3, 0.4) is 0 Å². The minimum absolute atomic E-state index is 0.471. The minimum atomic E-state index is 0.471. The number of benzene rings is 1. The first-order valence-electron chi connectivity index (χ1n) is 8.20. The van der Waals surface area contributed by atoms with Crippen molar-refractivity contribution in [1.29, 1.82) is 0 Å². The molecule has 0 radical (unpaired) electrons. The van der Waals surface area contributed by atoms with Gasteiger partial charge in [0.1, 0.15) is 0 Å². The number of para-hydroxylation sites is 1. The fourth-order valence-electron chi connectivity index (χ4n) is 3.31. The highest BCUT2D eigenvalue weighted by atomic mass is 16.5. The van der Waals surface area contributed by atoms with Crippen LogP contribution in [-0.2, 0) is 4.74 Å². The van der Waals surface area contributed by atoms with Gasteiger partial charge in [0, 0.05) is 24.4 Å². The highest BCUT2D eigenvalue weighted by Gasteiger charge is 2.21. The van der Waals surface area contributed by atoms with Crippen LogP contribution in [0.1, 0.15) is 31.4 Å². The quantitative estimate of drug-likeness (QED) is 0.797. The van der Waals surface area contributed by atoms with Crippen LogP contribution in [0, 0.1) is 0 Å². The highest BCUT2D eigenvalue weighted by molar-refractivity contribution is 5.53. The van der Waals surface area contributed by atoms with E-state index in [-0.39, 0.29) is 0 Å². The number of hydrogen-bond acceptors (Lipinski definition) is 2. The lowest BCUT2D eigenvalue weighted by Gasteiger charge is -2.20. The van der Waals surface area contributed by atoms with Crippen molar-refractivity contribution in [3.05, 3.63) is 64.0 Å². The van der Waals surface area contributed by atoms with Crippen LogP contribution in [0.5, 0.6) is 0 Å². The van der Waals surface area contributed by atoms with Gasteiger partial charge >= 0.3 is 0 Å². The summed E-state index contributed by atoms with van der Waals surface area (Å²) in [4.78, 5) is 0. The maximum Gasteiger partial charge on any atom is 0.0753 e. The van der Waals surface area contributed by atoms with Crippen LogP contribution < -0.4 is 10.6 Å².